The third-order valence-electron chi connectivity index (χ3n) is 3.51. The molecule has 6 heteroatoms. The lowest BCUT2D eigenvalue weighted by Crippen LogP contribution is -2.35. The molecule has 0 unspecified atom stereocenters. The number of carboxylic acids is 1. The number of benzene rings is 1. The number of carboxylic acid groups (broad SMARTS) is 1. The number of anilines is 1. The van der Waals surface area contributed by atoms with Gasteiger partial charge in [-0.25, -0.2) is 0 Å². The maximum atomic E-state index is 12.3. The van der Waals surface area contributed by atoms with Crippen LogP contribution in [0.1, 0.15) is 12.8 Å². The maximum Gasteiger partial charge on any atom is 0.307 e. The Balaban J connectivity index is 2.10. The van der Waals surface area contributed by atoms with Crippen LogP contribution in [0.4, 0.5) is 5.69 Å². The Bertz CT molecular complexity index is 568. The van der Waals surface area contributed by atoms with Gasteiger partial charge in [-0.2, -0.15) is 0 Å². The van der Waals surface area contributed by atoms with Gasteiger partial charge < -0.3 is 15.2 Å². The summed E-state index contributed by atoms with van der Waals surface area (Å²) in [4.78, 5) is 23.5. The van der Waals surface area contributed by atoms with E-state index in [-0.39, 0.29) is 18.7 Å². The molecule has 0 saturated heterocycles. The van der Waals surface area contributed by atoms with Crippen molar-refractivity contribution in [1.29, 1.82) is 0 Å². The number of carbonyl (C=O) groups is 2. The molecule has 21 heavy (non-hydrogen) atoms. The molecule has 1 aliphatic carbocycles. The number of halogens is 1. The highest BCUT2D eigenvalue weighted by Gasteiger charge is 2.36. The Labute approximate surface area is 127 Å². The van der Waals surface area contributed by atoms with E-state index >= 15 is 0 Å². The lowest BCUT2D eigenvalue weighted by molar-refractivity contribution is -0.146. The van der Waals surface area contributed by atoms with Crippen LogP contribution in [-0.2, 0) is 9.59 Å². The number of nitrogens with one attached hydrogen (secondary N) is 1. The lowest BCUT2D eigenvalue weighted by Gasteiger charge is -2.25. The van der Waals surface area contributed by atoms with Crippen LogP contribution in [0.5, 0.6) is 5.75 Å². The van der Waals surface area contributed by atoms with E-state index in [1.807, 2.05) is 0 Å². The molecule has 0 fully saturated rings. The second-order valence-corrected chi connectivity index (χ2v) is 5.35. The molecule has 1 amide bonds. The van der Waals surface area contributed by atoms with Crippen molar-refractivity contribution < 1.29 is 19.4 Å². The number of hydrogen-bond donors (Lipinski definition) is 2. The van der Waals surface area contributed by atoms with Crippen LogP contribution < -0.4 is 10.1 Å². The summed E-state index contributed by atoms with van der Waals surface area (Å²) in [5, 5.41) is 12.5. The molecule has 1 aromatic carbocycles. The molecule has 1 aliphatic rings. The van der Waals surface area contributed by atoms with Crippen molar-refractivity contribution in [2.45, 2.75) is 12.8 Å². The zero-order valence-electron chi connectivity index (χ0n) is 11.5. The molecule has 2 N–H and O–H groups in total. The van der Waals surface area contributed by atoms with Crippen molar-refractivity contribution in [2.75, 3.05) is 12.4 Å². The predicted molar refractivity (Wildman–Crippen MR) is 79.4 cm³/mol. The van der Waals surface area contributed by atoms with E-state index in [1.165, 1.54) is 0 Å². The lowest BCUT2D eigenvalue weighted by atomic mass is 9.82. The number of rotatable bonds is 4. The second-order valence-electron chi connectivity index (χ2n) is 4.86. The van der Waals surface area contributed by atoms with E-state index in [9.17, 15) is 14.7 Å². The smallest absolute Gasteiger partial charge is 0.307 e. The van der Waals surface area contributed by atoms with Crippen molar-refractivity contribution in [3.8, 4) is 5.75 Å². The first kappa shape index (κ1) is 15.4. The molecule has 0 aromatic heterocycles. The molecule has 1 aromatic rings. The SMILES string of the molecule is COc1ccc(NC(=O)[C@@H]2CC(Cl)=CC[C@@H]2C(=O)O)cc1. The summed E-state index contributed by atoms with van der Waals surface area (Å²) in [5.41, 5.74) is 0.593. The summed E-state index contributed by atoms with van der Waals surface area (Å²) in [7, 11) is 1.56. The van der Waals surface area contributed by atoms with Crippen LogP contribution in [0, 0.1) is 11.8 Å². The Morgan fingerprint density at radius 2 is 1.95 bits per heavy atom. The van der Waals surface area contributed by atoms with Gasteiger partial charge in [-0.1, -0.05) is 17.7 Å². The Morgan fingerprint density at radius 3 is 2.52 bits per heavy atom. The Kier molecular flexibility index (Phi) is 4.85. The minimum absolute atomic E-state index is 0.251. The number of aliphatic carboxylic acids is 1. The molecular formula is C15H16ClNO4. The number of ether oxygens (including phenoxy) is 1. The first-order chi connectivity index (χ1) is 10.0. The van der Waals surface area contributed by atoms with E-state index in [4.69, 9.17) is 16.3 Å². The van der Waals surface area contributed by atoms with E-state index in [1.54, 1.807) is 37.5 Å². The van der Waals surface area contributed by atoms with Crippen molar-refractivity contribution in [1.82, 2.24) is 0 Å². The van der Waals surface area contributed by atoms with Gasteiger partial charge in [-0.05, 0) is 37.1 Å². The molecule has 112 valence electrons. The third kappa shape index (κ3) is 3.76. The molecule has 0 aliphatic heterocycles. The van der Waals surface area contributed by atoms with Crippen LogP contribution in [0.25, 0.3) is 0 Å². The molecule has 5 nitrogen and oxygen atoms in total. The fraction of sp³-hybridized carbons (Fsp3) is 0.333. The molecular weight excluding hydrogens is 294 g/mol. The summed E-state index contributed by atoms with van der Waals surface area (Å²) >= 11 is 5.94. The first-order valence-electron chi connectivity index (χ1n) is 6.53. The van der Waals surface area contributed by atoms with E-state index in [0.717, 1.165) is 0 Å². The molecule has 0 bridgehead atoms. The van der Waals surface area contributed by atoms with Gasteiger partial charge in [-0.3, -0.25) is 9.59 Å². The summed E-state index contributed by atoms with van der Waals surface area (Å²) < 4.78 is 5.04. The Morgan fingerprint density at radius 1 is 1.29 bits per heavy atom. The highest BCUT2D eigenvalue weighted by molar-refractivity contribution is 6.29. The quantitative estimate of drug-likeness (QED) is 0.896. The van der Waals surface area contributed by atoms with Gasteiger partial charge in [0.25, 0.3) is 0 Å². The third-order valence-corrected chi connectivity index (χ3v) is 3.81. The van der Waals surface area contributed by atoms with Crippen LogP contribution in [0.2, 0.25) is 0 Å². The van der Waals surface area contributed by atoms with Gasteiger partial charge in [0.1, 0.15) is 5.75 Å². The summed E-state index contributed by atoms with van der Waals surface area (Å²) in [6, 6.07) is 6.84. The maximum absolute atomic E-state index is 12.3. The highest BCUT2D eigenvalue weighted by atomic mass is 35.5. The normalized spacial score (nSPS) is 21.3. The minimum atomic E-state index is -0.981. The summed E-state index contributed by atoms with van der Waals surface area (Å²) in [5.74, 6) is -2.04. The van der Waals surface area contributed by atoms with E-state index in [2.05, 4.69) is 5.32 Å². The summed E-state index contributed by atoms with van der Waals surface area (Å²) in [6.45, 7) is 0. The monoisotopic (exact) mass is 309 g/mol. The highest BCUT2D eigenvalue weighted by Crippen LogP contribution is 2.32. The zero-order chi connectivity index (χ0) is 15.4. The second kappa shape index (κ2) is 6.63. The number of carbonyl (C=O) groups excluding carboxylic acids is 1. The van der Waals surface area contributed by atoms with Crippen LogP contribution in [0.15, 0.2) is 35.4 Å². The molecule has 0 heterocycles. The largest absolute Gasteiger partial charge is 0.497 e. The molecule has 2 atom stereocenters. The molecule has 0 spiro atoms. The average molecular weight is 310 g/mol. The molecule has 0 saturated carbocycles. The average Bonchev–Trinajstić information content (AvgIpc) is 2.47. The van der Waals surface area contributed by atoms with Crippen molar-refractivity contribution in [3.05, 3.63) is 35.4 Å². The number of amides is 1. The van der Waals surface area contributed by atoms with Gasteiger partial charge in [-0.15, -0.1) is 0 Å². The standard InChI is InChI=1S/C15H16ClNO4/c1-21-11-5-3-10(4-6-11)17-14(18)13-8-9(16)2-7-12(13)15(19)20/h2-6,12-13H,7-8H2,1H3,(H,17,18)(H,19,20)/t12-,13+/m0/s1. The van der Waals surface area contributed by atoms with Crippen LogP contribution >= 0.6 is 11.6 Å². The van der Waals surface area contributed by atoms with Crippen molar-refractivity contribution >= 4 is 29.2 Å². The Hall–Kier alpha value is -2.01. The van der Waals surface area contributed by atoms with Gasteiger partial charge in [0, 0.05) is 10.7 Å². The van der Waals surface area contributed by atoms with Crippen molar-refractivity contribution in [2.24, 2.45) is 11.8 Å². The topological polar surface area (TPSA) is 75.6 Å². The fourth-order valence-corrected chi connectivity index (χ4v) is 2.57. The number of hydrogen-bond acceptors (Lipinski definition) is 3. The van der Waals surface area contributed by atoms with Gasteiger partial charge >= 0.3 is 5.97 Å². The minimum Gasteiger partial charge on any atom is -0.497 e. The van der Waals surface area contributed by atoms with Gasteiger partial charge in [0.2, 0.25) is 5.91 Å². The molecule has 0 radical (unpaired) electrons. The number of allylic oxidation sites excluding steroid dienone is 2. The van der Waals surface area contributed by atoms with Gasteiger partial charge in [0.15, 0.2) is 0 Å². The van der Waals surface area contributed by atoms with Gasteiger partial charge in [0.05, 0.1) is 18.9 Å². The zero-order valence-corrected chi connectivity index (χ0v) is 12.3. The summed E-state index contributed by atoms with van der Waals surface area (Å²) in [6.07, 6.45) is 2.19. The fourth-order valence-electron chi connectivity index (χ4n) is 2.31. The van der Waals surface area contributed by atoms with Crippen molar-refractivity contribution in [3.63, 3.8) is 0 Å². The first-order valence-corrected chi connectivity index (χ1v) is 6.91. The number of methoxy groups -OCH3 is 1. The molecule has 2 rings (SSSR count). The van der Waals surface area contributed by atoms with E-state index in [0.29, 0.717) is 16.5 Å². The van der Waals surface area contributed by atoms with Crippen LogP contribution in [-0.4, -0.2) is 24.1 Å². The van der Waals surface area contributed by atoms with Crippen LogP contribution in [0.3, 0.4) is 0 Å². The van der Waals surface area contributed by atoms with E-state index < -0.39 is 17.8 Å². The predicted octanol–water partition coefficient (Wildman–Crippen LogP) is 2.87.